The van der Waals surface area contributed by atoms with Gasteiger partial charge in [-0.25, -0.2) is 9.97 Å². The molecule has 0 aliphatic rings. The lowest BCUT2D eigenvalue weighted by molar-refractivity contribution is 0.584. The van der Waals surface area contributed by atoms with Gasteiger partial charge in [-0.3, -0.25) is 0 Å². The summed E-state index contributed by atoms with van der Waals surface area (Å²) in [5.41, 5.74) is 15.3. The Hall–Kier alpha value is -10.6. The summed E-state index contributed by atoms with van der Waals surface area (Å²) in [6.07, 6.45) is 0. The van der Waals surface area contributed by atoms with E-state index in [9.17, 15) is 0 Å². The maximum atomic E-state index is 6.42. The first-order chi connectivity index (χ1) is 38.7. The molecule has 0 bridgehead atoms. The Morgan fingerprint density at radius 1 is 0.295 bits per heavy atom. The number of aromatic nitrogens is 8. The molecule has 0 saturated heterocycles. The molecule has 10 aromatic carbocycles. The van der Waals surface area contributed by atoms with Gasteiger partial charge in [0.1, 0.15) is 21.0 Å². The molecule has 16 rings (SSSR count). The molecule has 368 valence electrons. The maximum absolute atomic E-state index is 6.42. The van der Waals surface area contributed by atoms with Gasteiger partial charge in [0.25, 0.3) is 0 Å². The fraction of sp³-hybridized carbons (Fsp3) is 0. The molecular weight excluding hydrogens is 985 g/mol. The molecule has 0 aliphatic heterocycles. The summed E-state index contributed by atoms with van der Waals surface area (Å²) in [7, 11) is 0. The standard InChI is InChI=1S/C33H20N4O2.C33H20N4OS/c2*1-3-10-21(11-4-1)31-34-26-18-19-28-29(30(26)38-31)25-16-7-8-17-27(25)37(28)24-15-9-14-23(20-24)33-36-35-32(39-33)22-12-5-2-6-13-22/h2*1-20H. The topological polar surface area (TPSA) is 127 Å². The van der Waals surface area contributed by atoms with E-state index in [1.807, 2.05) is 133 Å². The summed E-state index contributed by atoms with van der Waals surface area (Å²) >= 11 is 1.60. The van der Waals surface area contributed by atoms with Crippen molar-refractivity contribution in [3.05, 3.63) is 243 Å². The first kappa shape index (κ1) is 44.9. The SMILES string of the molecule is c1ccc(-c2nc3ccc4c(c5ccccc5n4-c4cccc(-c5nnc(-c6ccccc6)s5)c4)c3o2)cc1.c1ccc(-c2nnc(-c3cccc(-n4c5ccccc5c5c6oc(-c7ccccc7)nc6ccc54)c3)o2)cc1. The van der Waals surface area contributed by atoms with Crippen LogP contribution in [-0.4, -0.2) is 39.5 Å². The Labute approximate surface area is 448 Å². The molecule has 6 heterocycles. The minimum Gasteiger partial charge on any atom is -0.435 e. The summed E-state index contributed by atoms with van der Waals surface area (Å²) < 4.78 is 23.4. The Morgan fingerprint density at radius 2 is 0.692 bits per heavy atom. The van der Waals surface area contributed by atoms with Crippen LogP contribution < -0.4 is 0 Å². The van der Waals surface area contributed by atoms with Crippen LogP contribution in [0, 0.1) is 0 Å². The van der Waals surface area contributed by atoms with Crippen LogP contribution in [0.2, 0.25) is 0 Å². The second-order valence-corrected chi connectivity index (χ2v) is 19.7. The van der Waals surface area contributed by atoms with Crippen molar-refractivity contribution in [1.82, 2.24) is 39.5 Å². The van der Waals surface area contributed by atoms with Crippen molar-refractivity contribution >= 4 is 77.1 Å². The molecule has 0 atom stereocenters. The van der Waals surface area contributed by atoms with E-state index in [1.165, 1.54) is 0 Å². The molecule has 0 saturated carbocycles. The van der Waals surface area contributed by atoms with Crippen LogP contribution in [0.1, 0.15) is 0 Å². The molecule has 0 fully saturated rings. The van der Waals surface area contributed by atoms with Crippen LogP contribution in [0.5, 0.6) is 0 Å². The molecule has 0 radical (unpaired) electrons. The largest absolute Gasteiger partial charge is 0.435 e. The third kappa shape index (κ3) is 7.73. The highest BCUT2D eigenvalue weighted by molar-refractivity contribution is 7.17. The Balaban J connectivity index is 0.000000136. The molecule has 16 aromatic rings. The van der Waals surface area contributed by atoms with E-state index < -0.39 is 0 Å². The number of nitrogens with zero attached hydrogens (tertiary/aromatic N) is 8. The van der Waals surface area contributed by atoms with E-state index in [4.69, 9.17) is 23.2 Å². The number of rotatable bonds is 8. The number of benzene rings is 10. The lowest BCUT2D eigenvalue weighted by atomic mass is 10.1. The van der Waals surface area contributed by atoms with E-state index in [-0.39, 0.29) is 0 Å². The highest BCUT2D eigenvalue weighted by Crippen LogP contribution is 2.42. The summed E-state index contributed by atoms with van der Waals surface area (Å²) in [4.78, 5) is 9.61. The zero-order chi connectivity index (χ0) is 51.5. The smallest absolute Gasteiger partial charge is 0.248 e. The quantitative estimate of drug-likeness (QED) is 0.146. The molecule has 0 amide bonds. The van der Waals surface area contributed by atoms with Gasteiger partial charge in [-0.1, -0.05) is 151 Å². The summed E-state index contributed by atoms with van der Waals surface area (Å²) in [6.45, 7) is 0. The molecule has 78 heavy (non-hydrogen) atoms. The zero-order valence-electron chi connectivity index (χ0n) is 41.3. The van der Waals surface area contributed by atoms with E-state index in [2.05, 4.69) is 139 Å². The van der Waals surface area contributed by atoms with E-state index in [1.54, 1.807) is 11.3 Å². The summed E-state index contributed by atoms with van der Waals surface area (Å²) in [5.74, 6) is 2.21. The number of fused-ring (bicyclic) bond motifs is 10. The molecule has 0 aliphatic carbocycles. The highest BCUT2D eigenvalue weighted by Gasteiger charge is 2.22. The Morgan fingerprint density at radius 3 is 1.21 bits per heavy atom. The number of oxazole rings is 2. The molecule has 6 aromatic heterocycles. The second kappa shape index (κ2) is 18.7. The van der Waals surface area contributed by atoms with Gasteiger partial charge in [-0.05, 0) is 103 Å². The number of hydrogen-bond acceptors (Lipinski definition) is 10. The average Bonchev–Trinajstić information content (AvgIpc) is 4.56. The number of para-hydroxylation sites is 2. The normalized spacial score (nSPS) is 11.6. The predicted octanol–water partition coefficient (Wildman–Crippen LogP) is 17.1. The van der Waals surface area contributed by atoms with E-state index in [0.717, 1.165) is 121 Å². The molecule has 0 spiro atoms. The monoisotopic (exact) mass is 1020 g/mol. The van der Waals surface area contributed by atoms with Crippen LogP contribution in [-0.2, 0) is 0 Å². The van der Waals surface area contributed by atoms with Gasteiger partial charge >= 0.3 is 0 Å². The van der Waals surface area contributed by atoms with Crippen LogP contribution in [0.4, 0.5) is 0 Å². The maximum Gasteiger partial charge on any atom is 0.248 e. The molecule has 0 N–H and O–H groups in total. The van der Waals surface area contributed by atoms with E-state index in [0.29, 0.717) is 23.6 Å². The molecular formula is C66H40N8O3S. The second-order valence-electron chi connectivity index (χ2n) is 18.7. The van der Waals surface area contributed by atoms with Crippen molar-refractivity contribution in [2.24, 2.45) is 0 Å². The van der Waals surface area contributed by atoms with Crippen molar-refractivity contribution in [3.63, 3.8) is 0 Å². The lowest BCUT2D eigenvalue weighted by Crippen LogP contribution is -1.94. The van der Waals surface area contributed by atoms with Crippen molar-refractivity contribution in [1.29, 1.82) is 0 Å². The van der Waals surface area contributed by atoms with Gasteiger partial charge < -0.3 is 22.4 Å². The Bertz CT molecular complexity index is 4560. The fourth-order valence-corrected chi connectivity index (χ4v) is 11.3. The van der Waals surface area contributed by atoms with Crippen LogP contribution in [0.3, 0.4) is 0 Å². The van der Waals surface area contributed by atoms with Gasteiger partial charge in [0.2, 0.25) is 23.6 Å². The van der Waals surface area contributed by atoms with Crippen molar-refractivity contribution in [3.8, 4) is 78.3 Å². The van der Waals surface area contributed by atoms with Gasteiger partial charge in [-0.2, -0.15) is 0 Å². The molecule has 12 heteroatoms. The summed E-state index contributed by atoms with van der Waals surface area (Å²) in [5, 5.41) is 23.7. The fourth-order valence-electron chi connectivity index (χ4n) is 10.5. The van der Waals surface area contributed by atoms with Crippen molar-refractivity contribution in [2.45, 2.75) is 0 Å². The molecule has 11 nitrogen and oxygen atoms in total. The summed E-state index contributed by atoms with van der Waals surface area (Å²) in [6, 6.07) is 81.8. The van der Waals surface area contributed by atoms with Gasteiger partial charge in [-0.15, -0.1) is 20.4 Å². The van der Waals surface area contributed by atoms with Crippen LogP contribution in [0.15, 0.2) is 256 Å². The first-order valence-electron chi connectivity index (χ1n) is 25.4. The zero-order valence-corrected chi connectivity index (χ0v) is 42.1. The third-order valence-electron chi connectivity index (χ3n) is 14.0. The average molecular weight is 1030 g/mol. The Kier molecular flexibility index (Phi) is 10.7. The number of hydrogen-bond donors (Lipinski definition) is 0. The molecule has 0 unspecified atom stereocenters. The van der Waals surface area contributed by atoms with Crippen molar-refractivity contribution in [2.75, 3.05) is 0 Å². The van der Waals surface area contributed by atoms with Gasteiger partial charge in [0.05, 0.1) is 32.8 Å². The van der Waals surface area contributed by atoms with Crippen LogP contribution >= 0.6 is 11.3 Å². The van der Waals surface area contributed by atoms with Crippen molar-refractivity contribution < 1.29 is 13.3 Å². The van der Waals surface area contributed by atoms with Crippen LogP contribution in [0.25, 0.3) is 144 Å². The first-order valence-corrected chi connectivity index (χ1v) is 26.2. The minimum atomic E-state index is 0.474. The van der Waals surface area contributed by atoms with Gasteiger partial charge in [0.15, 0.2) is 11.2 Å². The predicted molar refractivity (Wildman–Crippen MR) is 311 cm³/mol. The third-order valence-corrected chi connectivity index (χ3v) is 15.0. The highest BCUT2D eigenvalue weighted by atomic mass is 32.1. The van der Waals surface area contributed by atoms with E-state index >= 15 is 0 Å². The van der Waals surface area contributed by atoms with Gasteiger partial charge in [0, 0.05) is 55.5 Å². The minimum absolute atomic E-state index is 0.474. The lowest BCUT2D eigenvalue weighted by Gasteiger charge is -2.09.